The summed E-state index contributed by atoms with van der Waals surface area (Å²) in [6.07, 6.45) is 10.2. The van der Waals surface area contributed by atoms with Crippen LogP contribution in [0.25, 0.3) is 33.3 Å². The Morgan fingerprint density at radius 3 is 2.57 bits per heavy atom. The van der Waals surface area contributed by atoms with E-state index >= 15 is 0 Å². The topological polar surface area (TPSA) is 70.9 Å². The van der Waals surface area contributed by atoms with Crippen molar-refractivity contribution in [3.8, 4) is 22.3 Å². The standard InChI is InChI=1S/C23H27N5O2/c1-15-21(16(2)30-26-15)17-9-20-22(24-10-17)19(18-11-25-27(4)12-18)13-28(20)14-23(3)5-7-29-8-6-23/h9-13H,5-8,14H2,1-4H3. The zero-order chi connectivity index (χ0) is 20.9. The SMILES string of the molecule is Cc1noc(C)c1-c1cnc2c(-c3cnn(C)c3)cn(CC3(C)CCOCC3)c2c1. The van der Waals surface area contributed by atoms with E-state index in [1.165, 1.54) is 0 Å². The van der Waals surface area contributed by atoms with Gasteiger partial charge in [-0.15, -0.1) is 0 Å². The molecule has 156 valence electrons. The molecule has 5 heterocycles. The van der Waals surface area contributed by atoms with Crippen molar-refractivity contribution in [3.05, 3.63) is 42.3 Å². The van der Waals surface area contributed by atoms with Crippen molar-refractivity contribution in [1.82, 2.24) is 24.5 Å². The molecule has 1 fully saturated rings. The van der Waals surface area contributed by atoms with Crippen LogP contribution in [-0.4, -0.2) is 37.7 Å². The molecule has 5 rings (SSSR count). The van der Waals surface area contributed by atoms with Crippen LogP contribution in [-0.2, 0) is 18.3 Å². The van der Waals surface area contributed by atoms with E-state index in [1.54, 1.807) is 0 Å². The van der Waals surface area contributed by atoms with E-state index in [0.717, 1.165) is 77.3 Å². The van der Waals surface area contributed by atoms with Crippen molar-refractivity contribution in [2.75, 3.05) is 13.2 Å². The van der Waals surface area contributed by atoms with E-state index in [-0.39, 0.29) is 5.41 Å². The van der Waals surface area contributed by atoms with E-state index < -0.39 is 0 Å². The second-order valence-electron chi connectivity index (χ2n) is 8.79. The molecule has 0 bridgehead atoms. The summed E-state index contributed by atoms with van der Waals surface area (Å²) >= 11 is 0. The Morgan fingerprint density at radius 1 is 1.10 bits per heavy atom. The first-order valence-electron chi connectivity index (χ1n) is 10.4. The van der Waals surface area contributed by atoms with Crippen LogP contribution in [0.5, 0.6) is 0 Å². The number of ether oxygens (including phenoxy) is 1. The summed E-state index contributed by atoms with van der Waals surface area (Å²) in [7, 11) is 1.94. The van der Waals surface area contributed by atoms with Crippen LogP contribution in [0.2, 0.25) is 0 Å². The van der Waals surface area contributed by atoms with Crippen molar-refractivity contribution >= 4 is 11.0 Å². The Morgan fingerprint density at radius 2 is 1.90 bits per heavy atom. The van der Waals surface area contributed by atoms with E-state index in [4.69, 9.17) is 14.2 Å². The average molecular weight is 406 g/mol. The van der Waals surface area contributed by atoms with Gasteiger partial charge < -0.3 is 13.8 Å². The molecule has 4 aromatic heterocycles. The fourth-order valence-electron chi connectivity index (χ4n) is 4.53. The first-order valence-corrected chi connectivity index (χ1v) is 10.4. The Bertz CT molecular complexity index is 1190. The molecular formula is C23H27N5O2. The Balaban J connectivity index is 1.67. The molecule has 0 amide bonds. The van der Waals surface area contributed by atoms with Crippen molar-refractivity contribution in [2.45, 2.75) is 40.2 Å². The first kappa shape index (κ1) is 19.1. The monoisotopic (exact) mass is 405 g/mol. The molecule has 0 atom stereocenters. The molecule has 0 radical (unpaired) electrons. The maximum atomic E-state index is 5.61. The minimum Gasteiger partial charge on any atom is -0.381 e. The molecule has 1 aliphatic rings. The Kier molecular flexibility index (Phi) is 4.50. The highest BCUT2D eigenvalue weighted by atomic mass is 16.5. The number of nitrogens with zero attached hydrogens (tertiary/aromatic N) is 5. The number of fused-ring (bicyclic) bond motifs is 1. The van der Waals surface area contributed by atoms with Gasteiger partial charge in [-0.25, -0.2) is 0 Å². The van der Waals surface area contributed by atoms with Gasteiger partial charge in [-0.1, -0.05) is 12.1 Å². The molecule has 7 nitrogen and oxygen atoms in total. The first-order chi connectivity index (χ1) is 14.4. The van der Waals surface area contributed by atoms with Crippen LogP contribution in [0.1, 0.15) is 31.2 Å². The van der Waals surface area contributed by atoms with Gasteiger partial charge >= 0.3 is 0 Å². The second kappa shape index (κ2) is 7.09. The summed E-state index contributed by atoms with van der Waals surface area (Å²) in [5, 5.41) is 8.48. The van der Waals surface area contributed by atoms with Crippen LogP contribution in [0.4, 0.5) is 0 Å². The summed E-state index contributed by atoms with van der Waals surface area (Å²) in [5.74, 6) is 0.815. The molecule has 0 unspecified atom stereocenters. The summed E-state index contributed by atoms with van der Waals surface area (Å²) < 4.78 is 15.2. The highest BCUT2D eigenvalue weighted by molar-refractivity contribution is 5.94. The predicted molar refractivity (Wildman–Crippen MR) is 115 cm³/mol. The van der Waals surface area contributed by atoms with Crippen molar-refractivity contribution in [2.24, 2.45) is 12.5 Å². The van der Waals surface area contributed by atoms with E-state index in [2.05, 4.69) is 34.0 Å². The summed E-state index contributed by atoms with van der Waals surface area (Å²) in [6, 6.07) is 2.22. The largest absolute Gasteiger partial charge is 0.381 e. The minimum atomic E-state index is 0.204. The lowest BCUT2D eigenvalue weighted by atomic mass is 9.82. The van der Waals surface area contributed by atoms with Gasteiger partial charge in [-0.3, -0.25) is 9.67 Å². The number of hydrogen-bond acceptors (Lipinski definition) is 5. The van der Waals surface area contributed by atoms with Gasteiger partial charge in [-0.2, -0.15) is 5.10 Å². The number of hydrogen-bond donors (Lipinski definition) is 0. The van der Waals surface area contributed by atoms with Gasteiger partial charge in [0.05, 0.1) is 22.9 Å². The molecule has 0 spiro atoms. The highest BCUT2D eigenvalue weighted by Crippen LogP contribution is 2.37. The van der Waals surface area contributed by atoms with Gasteiger partial charge in [0, 0.05) is 67.7 Å². The third kappa shape index (κ3) is 3.23. The second-order valence-corrected chi connectivity index (χ2v) is 8.79. The van der Waals surface area contributed by atoms with Crippen LogP contribution in [0.3, 0.4) is 0 Å². The molecule has 1 aliphatic heterocycles. The van der Waals surface area contributed by atoms with E-state index in [1.807, 2.05) is 44.2 Å². The number of rotatable bonds is 4. The van der Waals surface area contributed by atoms with Crippen molar-refractivity contribution in [1.29, 1.82) is 0 Å². The molecule has 30 heavy (non-hydrogen) atoms. The Hall–Kier alpha value is -2.93. The number of aryl methyl sites for hydroxylation is 3. The lowest BCUT2D eigenvalue weighted by Crippen LogP contribution is -2.30. The van der Waals surface area contributed by atoms with Gasteiger partial charge in [-0.05, 0) is 38.2 Å². The molecule has 0 saturated carbocycles. The molecule has 0 aromatic carbocycles. The molecule has 7 heteroatoms. The van der Waals surface area contributed by atoms with Crippen LogP contribution >= 0.6 is 0 Å². The lowest BCUT2D eigenvalue weighted by Gasteiger charge is -2.34. The van der Waals surface area contributed by atoms with Gasteiger partial charge in [0.2, 0.25) is 0 Å². The summed E-state index contributed by atoms with van der Waals surface area (Å²) in [6.45, 7) is 8.86. The van der Waals surface area contributed by atoms with Crippen molar-refractivity contribution < 1.29 is 9.26 Å². The average Bonchev–Trinajstić information content (AvgIpc) is 3.40. The summed E-state index contributed by atoms with van der Waals surface area (Å²) in [4.78, 5) is 4.89. The third-order valence-corrected chi connectivity index (χ3v) is 6.31. The maximum Gasteiger partial charge on any atom is 0.141 e. The fourth-order valence-corrected chi connectivity index (χ4v) is 4.53. The molecular weight excluding hydrogens is 378 g/mol. The zero-order valence-corrected chi connectivity index (χ0v) is 18.0. The molecule has 0 N–H and O–H groups in total. The summed E-state index contributed by atoms with van der Waals surface area (Å²) in [5.41, 5.74) is 7.46. The predicted octanol–water partition coefficient (Wildman–Crippen LogP) is 4.53. The Labute approximate surface area is 175 Å². The smallest absolute Gasteiger partial charge is 0.141 e. The lowest BCUT2D eigenvalue weighted by molar-refractivity contribution is 0.0161. The quantitative estimate of drug-likeness (QED) is 0.499. The minimum absolute atomic E-state index is 0.204. The molecule has 4 aromatic rings. The van der Waals surface area contributed by atoms with Gasteiger partial charge in [0.15, 0.2) is 0 Å². The molecule has 1 saturated heterocycles. The zero-order valence-electron chi connectivity index (χ0n) is 18.0. The van der Waals surface area contributed by atoms with E-state index in [0.29, 0.717) is 0 Å². The third-order valence-electron chi connectivity index (χ3n) is 6.31. The van der Waals surface area contributed by atoms with Crippen LogP contribution in [0, 0.1) is 19.3 Å². The fraction of sp³-hybridized carbons (Fsp3) is 0.435. The van der Waals surface area contributed by atoms with Crippen molar-refractivity contribution in [3.63, 3.8) is 0 Å². The van der Waals surface area contributed by atoms with Crippen LogP contribution in [0.15, 0.2) is 35.4 Å². The number of pyridine rings is 1. The normalized spacial score (nSPS) is 16.4. The van der Waals surface area contributed by atoms with Crippen LogP contribution < -0.4 is 0 Å². The molecule has 0 aliphatic carbocycles. The number of aromatic nitrogens is 5. The van der Waals surface area contributed by atoms with Gasteiger partial charge in [0.1, 0.15) is 5.76 Å². The van der Waals surface area contributed by atoms with E-state index in [9.17, 15) is 0 Å². The van der Waals surface area contributed by atoms with Gasteiger partial charge in [0.25, 0.3) is 0 Å². The highest BCUT2D eigenvalue weighted by Gasteiger charge is 2.29. The maximum absolute atomic E-state index is 5.61.